The molecule has 0 amide bonds. The van der Waals surface area contributed by atoms with Gasteiger partial charge in [-0.15, -0.1) is 6.58 Å². The maximum absolute atomic E-state index is 9.25. The van der Waals surface area contributed by atoms with Gasteiger partial charge in [-0.2, -0.15) is 0 Å². The van der Waals surface area contributed by atoms with E-state index in [0.717, 1.165) is 23.5 Å². The van der Waals surface area contributed by atoms with E-state index < -0.39 is 0 Å². The molecule has 0 aromatic heterocycles. The van der Waals surface area contributed by atoms with Crippen LogP contribution in [0, 0.1) is 0 Å². The van der Waals surface area contributed by atoms with Gasteiger partial charge in [0.2, 0.25) is 0 Å². The molecule has 2 rings (SSSR count). The molecule has 0 aliphatic heterocycles. The zero-order chi connectivity index (χ0) is 18.7. The molecular formula is C21H26O4. The Hall–Kier alpha value is -2.88. The average molecular weight is 342 g/mol. The van der Waals surface area contributed by atoms with Gasteiger partial charge in [0, 0.05) is 0 Å². The number of rotatable bonds is 6. The summed E-state index contributed by atoms with van der Waals surface area (Å²) < 4.78 is 15.2. The molecule has 25 heavy (non-hydrogen) atoms. The van der Waals surface area contributed by atoms with E-state index >= 15 is 0 Å². The Labute approximate surface area is 150 Å². The van der Waals surface area contributed by atoms with Crippen molar-refractivity contribution in [2.24, 2.45) is 0 Å². The van der Waals surface area contributed by atoms with Crippen LogP contribution in [0.3, 0.4) is 0 Å². The smallest absolute Gasteiger partial charge is 0.161 e. The van der Waals surface area contributed by atoms with Crippen molar-refractivity contribution in [3.05, 3.63) is 66.3 Å². The Morgan fingerprint density at radius 1 is 0.920 bits per heavy atom. The molecule has 4 heteroatoms. The lowest BCUT2D eigenvalue weighted by molar-refractivity contribution is 0.354. The van der Waals surface area contributed by atoms with Gasteiger partial charge in [-0.05, 0) is 48.7 Å². The Morgan fingerprint density at radius 2 is 1.60 bits per heavy atom. The number of allylic oxidation sites excluding steroid dienone is 2. The standard InChI is InChI=1S/C11H14O2.C10H12O2/c1-4-5-9-6-7-10(12-2)11(8-9)13-3;1-3-4-8-5-6-9(11)10(7-8)12-2/h4,6-8H,1,5H2,2-3H3;3-7,11H,1-2H3. The summed E-state index contributed by atoms with van der Waals surface area (Å²) in [6.07, 6.45) is 6.59. The molecule has 0 unspecified atom stereocenters. The van der Waals surface area contributed by atoms with Crippen LogP contribution in [0.5, 0.6) is 23.0 Å². The average Bonchev–Trinajstić information content (AvgIpc) is 2.64. The maximum Gasteiger partial charge on any atom is 0.161 e. The molecular weight excluding hydrogens is 316 g/mol. The SMILES string of the molecule is C=CCc1ccc(OC)c(OC)c1.CC=Cc1ccc(O)c(OC)c1. The second-order valence-electron chi connectivity index (χ2n) is 5.11. The van der Waals surface area contributed by atoms with Crippen LogP contribution in [0.2, 0.25) is 0 Å². The lowest BCUT2D eigenvalue weighted by atomic mass is 10.1. The summed E-state index contributed by atoms with van der Waals surface area (Å²) in [4.78, 5) is 0. The van der Waals surface area contributed by atoms with Crippen LogP contribution >= 0.6 is 0 Å². The van der Waals surface area contributed by atoms with Gasteiger partial charge in [0.05, 0.1) is 21.3 Å². The number of hydrogen-bond donors (Lipinski definition) is 1. The van der Waals surface area contributed by atoms with E-state index in [9.17, 15) is 5.11 Å². The normalized spacial score (nSPS) is 9.92. The van der Waals surface area contributed by atoms with Crippen LogP contribution < -0.4 is 14.2 Å². The van der Waals surface area contributed by atoms with Crippen molar-refractivity contribution in [2.45, 2.75) is 13.3 Å². The fraction of sp³-hybridized carbons (Fsp3) is 0.238. The van der Waals surface area contributed by atoms with Gasteiger partial charge in [-0.25, -0.2) is 0 Å². The van der Waals surface area contributed by atoms with Crippen LogP contribution in [0.15, 0.2) is 55.1 Å². The minimum absolute atomic E-state index is 0.172. The van der Waals surface area contributed by atoms with E-state index in [2.05, 4.69) is 6.58 Å². The highest BCUT2D eigenvalue weighted by Crippen LogP contribution is 2.28. The predicted octanol–water partition coefficient (Wildman–Crippen LogP) is 4.87. The van der Waals surface area contributed by atoms with Crippen molar-refractivity contribution in [1.82, 2.24) is 0 Å². The van der Waals surface area contributed by atoms with Crippen molar-refractivity contribution in [2.75, 3.05) is 21.3 Å². The largest absolute Gasteiger partial charge is 0.504 e. The first-order chi connectivity index (χ1) is 12.1. The Bertz CT molecular complexity index is 705. The van der Waals surface area contributed by atoms with Crippen molar-refractivity contribution >= 4 is 6.08 Å². The van der Waals surface area contributed by atoms with Crippen LogP contribution in [0.4, 0.5) is 0 Å². The highest BCUT2D eigenvalue weighted by Gasteiger charge is 2.02. The summed E-state index contributed by atoms with van der Waals surface area (Å²) in [6.45, 7) is 5.63. The van der Waals surface area contributed by atoms with E-state index in [1.165, 1.54) is 12.7 Å². The van der Waals surface area contributed by atoms with Crippen molar-refractivity contribution in [3.8, 4) is 23.0 Å². The fourth-order valence-electron chi connectivity index (χ4n) is 2.16. The van der Waals surface area contributed by atoms with Gasteiger partial charge in [0.25, 0.3) is 0 Å². The van der Waals surface area contributed by atoms with Crippen molar-refractivity contribution in [3.63, 3.8) is 0 Å². The summed E-state index contributed by atoms with van der Waals surface area (Å²) in [5, 5.41) is 9.25. The minimum Gasteiger partial charge on any atom is -0.504 e. The lowest BCUT2D eigenvalue weighted by Gasteiger charge is -2.08. The van der Waals surface area contributed by atoms with Gasteiger partial charge < -0.3 is 19.3 Å². The van der Waals surface area contributed by atoms with E-state index in [4.69, 9.17) is 14.2 Å². The third-order valence-electron chi connectivity index (χ3n) is 3.39. The molecule has 0 heterocycles. The molecule has 0 fully saturated rings. The molecule has 2 aromatic carbocycles. The second-order valence-corrected chi connectivity index (χ2v) is 5.11. The summed E-state index contributed by atoms with van der Waals surface area (Å²) in [6, 6.07) is 11.1. The number of phenols is 1. The van der Waals surface area contributed by atoms with Crippen molar-refractivity contribution < 1.29 is 19.3 Å². The first-order valence-electron chi connectivity index (χ1n) is 7.91. The molecule has 0 radical (unpaired) electrons. The molecule has 0 aliphatic carbocycles. The minimum atomic E-state index is 0.172. The quantitative estimate of drug-likeness (QED) is 0.761. The Kier molecular flexibility index (Phi) is 8.72. The van der Waals surface area contributed by atoms with Crippen LogP contribution in [0.1, 0.15) is 18.1 Å². The summed E-state index contributed by atoms with van der Waals surface area (Å²) in [7, 11) is 4.80. The predicted molar refractivity (Wildman–Crippen MR) is 103 cm³/mol. The summed E-state index contributed by atoms with van der Waals surface area (Å²) in [5.74, 6) is 2.20. The molecule has 0 spiro atoms. The van der Waals surface area contributed by atoms with Gasteiger partial charge in [0.15, 0.2) is 23.0 Å². The Balaban J connectivity index is 0.000000251. The summed E-state index contributed by atoms with van der Waals surface area (Å²) >= 11 is 0. The van der Waals surface area contributed by atoms with E-state index in [-0.39, 0.29) is 5.75 Å². The first-order valence-corrected chi connectivity index (χ1v) is 7.91. The molecule has 0 aliphatic rings. The third kappa shape index (κ3) is 6.26. The van der Waals surface area contributed by atoms with Crippen LogP contribution in [-0.2, 0) is 6.42 Å². The molecule has 1 N–H and O–H groups in total. The number of benzene rings is 2. The lowest BCUT2D eigenvalue weighted by Crippen LogP contribution is -1.91. The van der Waals surface area contributed by atoms with E-state index in [1.807, 2.05) is 49.4 Å². The highest BCUT2D eigenvalue weighted by atomic mass is 16.5. The third-order valence-corrected chi connectivity index (χ3v) is 3.39. The van der Waals surface area contributed by atoms with Gasteiger partial charge in [-0.3, -0.25) is 0 Å². The molecule has 4 nitrogen and oxygen atoms in total. The molecule has 0 saturated heterocycles. The number of methoxy groups -OCH3 is 3. The number of hydrogen-bond acceptors (Lipinski definition) is 4. The second kappa shape index (κ2) is 10.8. The van der Waals surface area contributed by atoms with Crippen molar-refractivity contribution in [1.29, 1.82) is 0 Å². The highest BCUT2D eigenvalue weighted by molar-refractivity contribution is 5.55. The number of ether oxygens (including phenoxy) is 3. The summed E-state index contributed by atoms with van der Waals surface area (Å²) in [5.41, 5.74) is 2.19. The van der Waals surface area contributed by atoms with Gasteiger partial charge >= 0.3 is 0 Å². The van der Waals surface area contributed by atoms with Gasteiger partial charge in [0.1, 0.15) is 0 Å². The zero-order valence-electron chi connectivity index (χ0n) is 15.3. The maximum atomic E-state index is 9.25. The first kappa shape index (κ1) is 20.2. The zero-order valence-corrected chi connectivity index (χ0v) is 15.3. The number of phenolic OH excluding ortho intramolecular Hbond substituents is 1. The molecule has 0 saturated carbocycles. The number of aromatic hydroxyl groups is 1. The van der Waals surface area contributed by atoms with E-state index in [0.29, 0.717) is 5.75 Å². The van der Waals surface area contributed by atoms with Crippen LogP contribution in [-0.4, -0.2) is 26.4 Å². The molecule has 2 aromatic rings. The van der Waals surface area contributed by atoms with Gasteiger partial charge in [-0.1, -0.05) is 30.4 Å². The Morgan fingerprint density at radius 3 is 2.16 bits per heavy atom. The van der Waals surface area contributed by atoms with Crippen LogP contribution in [0.25, 0.3) is 6.08 Å². The molecule has 0 atom stereocenters. The van der Waals surface area contributed by atoms with E-state index in [1.54, 1.807) is 26.4 Å². The topological polar surface area (TPSA) is 47.9 Å². The molecule has 134 valence electrons. The molecule has 0 bridgehead atoms. The monoisotopic (exact) mass is 342 g/mol. The fourth-order valence-corrected chi connectivity index (χ4v) is 2.16.